The monoisotopic (exact) mass is 346 g/mol. The molecule has 2 saturated carbocycles. The van der Waals surface area contributed by atoms with E-state index in [1.807, 2.05) is 0 Å². The molecule has 23 heavy (non-hydrogen) atoms. The van der Waals surface area contributed by atoms with E-state index in [1.165, 1.54) is 0 Å². The highest BCUT2D eigenvalue weighted by Gasteiger charge is 2.52. The Labute approximate surface area is 140 Å². The van der Waals surface area contributed by atoms with Crippen molar-refractivity contribution >= 4 is 16.1 Å². The van der Waals surface area contributed by atoms with Gasteiger partial charge in [-0.05, 0) is 63.2 Å². The molecule has 0 N–H and O–H groups in total. The van der Waals surface area contributed by atoms with Gasteiger partial charge in [-0.1, -0.05) is 13.8 Å². The minimum Gasteiger partial charge on any atom is -0.460 e. The van der Waals surface area contributed by atoms with Crippen molar-refractivity contribution in [2.75, 3.05) is 6.26 Å². The number of fused-ring (bicyclic) bond motifs is 2. The third-order valence-corrected chi connectivity index (χ3v) is 6.11. The van der Waals surface area contributed by atoms with Crippen molar-refractivity contribution in [3.8, 4) is 0 Å². The first-order valence-corrected chi connectivity index (χ1v) is 10.3. The van der Waals surface area contributed by atoms with Crippen molar-refractivity contribution in [2.45, 2.75) is 65.6 Å². The molecular formula is C17H30O5S. The predicted molar refractivity (Wildman–Crippen MR) is 88.2 cm³/mol. The van der Waals surface area contributed by atoms with Gasteiger partial charge in [-0.25, -0.2) is 0 Å². The average molecular weight is 346 g/mol. The molecule has 0 aromatic carbocycles. The topological polar surface area (TPSA) is 69.7 Å². The smallest absolute Gasteiger partial charge is 0.309 e. The van der Waals surface area contributed by atoms with E-state index in [0.717, 1.165) is 19.1 Å². The highest BCUT2D eigenvalue weighted by molar-refractivity contribution is 7.86. The molecule has 5 nitrogen and oxygen atoms in total. The molecule has 2 rings (SSSR count). The summed E-state index contributed by atoms with van der Waals surface area (Å²) in [7, 11) is -3.61. The zero-order chi connectivity index (χ0) is 17.6. The predicted octanol–water partition coefficient (Wildman–Crippen LogP) is 2.99. The molecule has 0 aromatic heterocycles. The van der Waals surface area contributed by atoms with E-state index in [9.17, 15) is 13.2 Å². The second-order valence-electron chi connectivity index (χ2n) is 8.41. The van der Waals surface area contributed by atoms with Crippen LogP contribution in [0.4, 0.5) is 0 Å². The van der Waals surface area contributed by atoms with Gasteiger partial charge in [-0.2, -0.15) is 8.42 Å². The molecule has 6 atom stereocenters. The molecule has 0 spiro atoms. The van der Waals surface area contributed by atoms with Crippen LogP contribution in [-0.4, -0.2) is 32.3 Å². The largest absolute Gasteiger partial charge is 0.460 e. The Morgan fingerprint density at radius 3 is 2.22 bits per heavy atom. The SMILES string of the molecule is CC1C2CC(C(CC(=O)OC(C)(C)C)OS(C)(=O)=O)C(C2)C1C. The average Bonchev–Trinajstić information content (AvgIpc) is 2.85. The van der Waals surface area contributed by atoms with Gasteiger partial charge in [0.15, 0.2) is 0 Å². The summed E-state index contributed by atoms with van der Waals surface area (Å²) in [5, 5.41) is 0. The number of carbonyl (C=O) groups is 1. The van der Waals surface area contributed by atoms with Crippen molar-refractivity contribution in [3.05, 3.63) is 0 Å². The van der Waals surface area contributed by atoms with Crippen molar-refractivity contribution in [1.82, 2.24) is 0 Å². The van der Waals surface area contributed by atoms with Gasteiger partial charge in [0, 0.05) is 0 Å². The van der Waals surface area contributed by atoms with Crippen LogP contribution < -0.4 is 0 Å². The summed E-state index contributed by atoms with van der Waals surface area (Å²) in [6.07, 6.45) is 2.50. The van der Waals surface area contributed by atoms with Gasteiger partial charge in [-0.15, -0.1) is 0 Å². The van der Waals surface area contributed by atoms with Gasteiger partial charge in [0.1, 0.15) is 5.60 Å². The molecule has 0 aliphatic heterocycles. The molecule has 0 aromatic rings. The lowest BCUT2D eigenvalue weighted by molar-refractivity contribution is -0.157. The number of rotatable bonds is 5. The number of esters is 1. The lowest BCUT2D eigenvalue weighted by Gasteiger charge is -2.36. The first kappa shape index (κ1) is 18.7. The maximum absolute atomic E-state index is 12.2. The minimum absolute atomic E-state index is 0.000667. The minimum atomic E-state index is -3.61. The van der Waals surface area contributed by atoms with Crippen LogP contribution in [0.15, 0.2) is 0 Å². The van der Waals surface area contributed by atoms with Crippen molar-refractivity contribution in [1.29, 1.82) is 0 Å². The molecule has 134 valence electrons. The molecular weight excluding hydrogens is 316 g/mol. The van der Waals surface area contributed by atoms with E-state index in [4.69, 9.17) is 8.92 Å². The molecule has 2 aliphatic carbocycles. The van der Waals surface area contributed by atoms with Crippen LogP contribution in [-0.2, 0) is 23.8 Å². The van der Waals surface area contributed by atoms with Crippen molar-refractivity contribution in [2.24, 2.45) is 29.6 Å². The lowest BCUT2D eigenvalue weighted by atomic mass is 9.73. The molecule has 0 radical (unpaired) electrons. The summed E-state index contributed by atoms with van der Waals surface area (Å²) in [6, 6.07) is 0. The number of hydrogen-bond acceptors (Lipinski definition) is 5. The summed E-state index contributed by atoms with van der Waals surface area (Å²) in [5.41, 5.74) is -0.580. The normalized spacial score (nSPS) is 35.3. The third kappa shape index (κ3) is 4.69. The van der Waals surface area contributed by atoms with Crippen LogP contribution in [0, 0.1) is 29.6 Å². The van der Waals surface area contributed by atoms with Gasteiger partial charge in [0.05, 0.1) is 18.8 Å². The summed E-state index contributed by atoms with van der Waals surface area (Å²) >= 11 is 0. The molecule has 0 saturated heterocycles. The van der Waals surface area contributed by atoms with E-state index in [2.05, 4.69) is 13.8 Å². The standard InChI is InChI=1S/C17H30O5S/c1-10-11(2)13-7-12(10)8-14(13)15(22-23(6,19)20)9-16(18)21-17(3,4)5/h10-15H,7-9H2,1-6H3. The fraction of sp³-hybridized carbons (Fsp3) is 0.941. The van der Waals surface area contributed by atoms with Gasteiger partial charge in [-0.3, -0.25) is 8.98 Å². The highest BCUT2D eigenvalue weighted by atomic mass is 32.2. The molecule has 0 heterocycles. The van der Waals surface area contributed by atoms with Crippen molar-refractivity contribution in [3.63, 3.8) is 0 Å². The third-order valence-electron chi connectivity index (χ3n) is 5.51. The Balaban J connectivity index is 2.11. The van der Waals surface area contributed by atoms with Crippen LogP contribution >= 0.6 is 0 Å². The molecule has 6 unspecified atom stereocenters. The Kier molecular flexibility index (Phi) is 5.17. The molecule has 0 amide bonds. The van der Waals surface area contributed by atoms with E-state index in [-0.39, 0.29) is 12.3 Å². The zero-order valence-corrected chi connectivity index (χ0v) is 15.9. The van der Waals surface area contributed by atoms with E-state index < -0.39 is 27.8 Å². The van der Waals surface area contributed by atoms with E-state index >= 15 is 0 Å². The summed E-state index contributed by atoms with van der Waals surface area (Å²) in [4.78, 5) is 12.2. The van der Waals surface area contributed by atoms with Crippen LogP contribution in [0.25, 0.3) is 0 Å². The zero-order valence-electron chi connectivity index (χ0n) is 15.0. The molecule has 2 aliphatic rings. The van der Waals surface area contributed by atoms with Gasteiger partial charge >= 0.3 is 5.97 Å². The maximum Gasteiger partial charge on any atom is 0.309 e. The second kappa shape index (κ2) is 6.36. The summed E-state index contributed by atoms with van der Waals surface area (Å²) < 4.78 is 34.0. The Morgan fingerprint density at radius 1 is 1.17 bits per heavy atom. The first-order chi connectivity index (χ1) is 10.4. The Hall–Kier alpha value is -0.620. The number of ether oxygens (including phenoxy) is 1. The molecule has 6 heteroatoms. The Morgan fingerprint density at radius 2 is 1.78 bits per heavy atom. The van der Waals surface area contributed by atoms with Crippen LogP contribution in [0.3, 0.4) is 0 Å². The summed E-state index contributed by atoms with van der Waals surface area (Å²) in [5.74, 6) is 1.98. The fourth-order valence-electron chi connectivity index (χ4n) is 4.45. The Bertz CT molecular complexity index is 546. The lowest BCUT2D eigenvalue weighted by Crippen LogP contribution is -2.38. The van der Waals surface area contributed by atoms with Gasteiger partial charge < -0.3 is 4.74 Å². The fourth-order valence-corrected chi connectivity index (χ4v) is 5.11. The maximum atomic E-state index is 12.2. The van der Waals surface area contributed by atoms with Gasteiger partial charge in [0.2, 0.25) is 0 Å². The summed E-state index contributed by atoms with van der Waals surface area (Å²) in [6.45, 7) is 9.91. The quantitative estimate of drug-likeness (QED) is 0.565. The number of carbonyl (C=O) groups excluding carboxylic acids is 1. The van der Waals surface area contributed by atoms with E-state index in [1.54, 1.807) is 20.8 Å². The van der Waals surface area contributed by atoms with Gasteiger partial charge in [0.25, 0.3) is 10.1 Å². The van der Waals surface area contributed by atoms with Crippen LogP contribution in [0.1, 0.15) is 53.9 Å². The first-order valence-electron chi connectivity index (χ1n) is 8.47. The molecule has 2 fully saturated rings. The second-order valence-corrected chi connectivity index (χ2v) is 10.0. The van der Waals surface area contributed by atoms with Crippen LogP contribution in [0.5, 0.6) is 0 Å². The van der Waals surface area contributed by atoms with Crippen LogP contribution in [0.2, 0.25) is 0 Å². The number of hydrogen-bond donors (Lipinski definition) is 0. The van der Waals surface area contributed by atoms with Crippen molar-refractivity contribution < 1.29 is 22.1 Å². The van der Waals surface area contributed by atoms with E-state index in [0.29, 0.717) is 23.7 Å². The molecule has 2 bridgehead atoms. The highest BCUT2D eigenvalue weighted by Crippen LogP contribution is 2.56.